The number of nitrogens with zero attached hydrogens (tertiary/aromatic N) is 5. The highest BCUT2D eigenvalue weighted by atomic mass is 16.7. The van der Waals surface area contributed by atoms with Crippen LogP contribution in [-0.4, -0.2) is 45.4 Å². The lowest BCUT2D eigenvalue weighted by molar-refractivity contribution is -0.120. The van der Waals surface area contributed by atoms with Gasteiger partial charge < -0.3 is 19.7 Å². The van der Waals surface area contributed by atoms with Gasteiger partial charge in [0.15, 0.2) is 17.1 Å². The van der Waals surface area contributed by atoms with E-state index in [-0.39, 0.29) is 18.6 Å². The van der Waals surface area contributed by atoms with Crippen LogP contribution in [0.1, 0.15) is 18.7 Å². The summed E-state index contributed by atoms with van der Waals surface area (Å²) in [7, 11) is 0. The number of carbonyl (C=O) groups is 1. The van der Waals surface area contributed by atoms with Crippen LogP contribution in [0, 0.1) is 12.8 Å². The lowest BCUT2D eigenvalue weighted by atomic mass is 9.96. The highest BCUT2D eigenvalue weighted by Gasteiger charge is 2.28. The fourth-order valence-electron chi connectivity index (χ4n) is 4.41. The quantitative estimate of drug-likeness (QED) is 0.534. The van der Waals surface area contributed by atoms with Crippen LogP contribution in [0.5, 0.6) is 11.5 Å². The summed E-state index contributed by atoms with van der Waals surface area (Å²) in [6, 6.07) is 13.4. The molecule has 0 saturated carbocycles. The molecule has 32 heavy (non-hydrogen) atoms. The largest absolute Gasteiger partial charge is 0.454 e. The molecular weight excluding hydrogens is 408 g/mol. The zero-order chi connectivity index (χ0) is 21.7. The van der Waals surface area contributed by atoms with E-state index in [2.05, 4.69) is 20.3 Å². The Labute approximate surface area is 184 Å². The summed E-state index contributed by atoms with van der Waals surface area (Å²) in [5.41, 5.74) is 2.42. The summed E-state index contributed by atoms with van der Waals surface area (Å²) in [6.45, 7) is 3.54. The highest BCUT2D eigenvalue weighted by Crippen LogP contribution is 2.34. The van der Waals surface area contributed by atoms with Crippen molar-refractivity contribution >= 4 is 34.1 Å². The molecule has 0 atom stereocenters. The molecule has 4 aromatic rings. The molecule has 1 fully saturated rings. The van der Waals surface area contributed by atoms with Crippen LogP contribution in [-0.2, 0) is 4.79 Å². The minimum Gasteiger partial charge on any atom is -0.454 e. The molecule has 2 aliphatic rings. The first-order valence-corrected chi connectivity index (χ1v) is 10.7. The van der Waals surface area contributed by atoms with Crippen molar-refractivity contribution in [1.82, 2.24) is 19.6 Å². The van der Waals surface area contributed by atoms with E-state index in [1.54, 1.807) is 6.07 Å². The van der Waals surface area contributed by atoms with Crippen molar-refractivity contribution in [3.05, 3.63) is 48.3 Å². The van der Waals surface area contributed by atoms with Crippen LogP contribution >= 0.6 is 0 Å². The van der Waals surface area contributed by atoms with Gasteiger partial charge in [-0.25, -0.2) is 9.97 Å². The number of benzene rings is 2. The molecule has 4 heterocycles. The minimum atomic E-state index is -0.0647. The van der Waals surface area contributed by atoms with Crippen molar-refractivity contribution in [2.75, 3.05) is 30.1 Å². The van der Waals surface area contributed by atoms with E-state index in [4.69, 9.17) is 14.5 Å². The van der Waals surface area contributed by atoms with Crippen LogP contribution < -0.4 is 19.7 Å². The van der Waals surface area contributed by atoms with Gasteiger partial charge in [-0.3, -0.25) is 4.79 Å². The van der Waals surface area contributed by atoms with Gasteiger partial charge in [-0.05, 0) is 44.0 Å². The maximum absolute atomic E-state index is 12.9. The van der Waals surface area contributed by atoms with E-state index in [0.29, 0.717) is 17.3 Å². The van der Waals surface area contributed by atoms with E-state index in [9.17, 15) is 4.79 Å². The fourth-order valence-corrected chi connectivity index (χ4v) is 4.41. The molecule has 2 aliphatic heterocycles. The molecule has 0 unspecified atom stereocenters. The maximum Gasteiger partial charge on any atom is 0.231 e. The summed E-state index contributed by atoms with van der Waals surface area (Å²) in [5.74, 6) is 2.80. The molecule has 2 aromatic carbocycles. The number of piperidine rings is 1. The molecule has 1 N–H and O–H groups in total. The van der Waals surface area contributed by atoms with Crippen molar-refractivity contribution in [2.45, 2.75) is 19.8 Å². The van der Waals surface area contributed by atoms with Gasteiger partial charge in [0.05, 0.1) is 5.52 Å². The Hall–Kier alpha value is -3.88. The number of ether oxygens (including phenoxy) is 2. The fraction of sp³-hybridized carbons (Fsp3) is 0.304. The number of carbonyl (C=O) groups excluding carboxylic acids is 1. The van der Waals surface area contributed by atoms with Crippen molar-refractivity contribution < 1.29 is 14.3 Å². The van der Waals surface area contributed by atoms with Crippen LogP contribution in [0.25, 0.3) is 16.6 Å². The van der Waals surface area contributed by atoms with Crippen LogP contribution in [0.2, 0.25) is 0 Å². The normalized spacial score (nSPS) is 16.1. The molecule has 9 nitrogen and oxygen atoms in total. The van der Waals surface area contributed by atoms with Gasteiger partial charge in [0, 0.05) is 36.1 Å². The Kier molecular flexibility index (Phi) is 4.34. The van der Waals surface area contributed by atoms with Gasteiger partial charge in [-0.1, -0.05) is 12.1 Å². The van der Waals surface area contributed by atoms with Crippen molar-refractivity contribution in [3.63, 3.8) is 0 Å². The molecule has 0 aliphatic carbocycles. The molecule has 0 spiro atoms. The molecule has 1 saturated heterocycles. The maximum atomic E-state index is 12.9. The lowest BCUT2D eigenvalue weighted by Crippen LogP contribution is -2.39. The molecule has 0 bridgehead atoms. The summed E-state index contributed by atoms with van der Waals surface area (Å²) >= 11 is 0. The first-order chi connectivity index (χ1) is 15.7. The number of aryl methyl sites for hydroxylation is 1. The molecule has 2 aromatic heterocycles. The molecule has 6 rings (SSSR count). The van der Waals surface area contributed by atoms with Crippen LogP contribution in [0.3, 0.4) is 0 Å². The number of anilines is 2. The predicted molar refractivity (Wildman–Crippen MR) is 119 cm³/mol. The number of aromatic nitrogens is 4. The minimum absolute atomic E-state index is 0.0248. The molecule has 0 radical (unpaired) electrons. The average molecular weight is 430 g/mol. The third kappa shape index (κ3) is 3.17. The van der Waals surface area contributed by atoms with Gasteiger partial charge >= 0.3 is 0 Å². The molecule has 1 amide bonds. The number of para-hydroxylation sites is 1. The SMILES string of the molecule is Cc1nc2c3ccccc3nc(N3CCC(C(=O)Nc4ccc5c(c4)OCO5)CC3)n2n1. The molecular formula is C23H22N6O3. The van der Waals surface area contributed by atoms with Gasteiger partial charge in [-0.15, -0.1) is 5.10 Å². The number of rotatable bonds is 3. The van der Waals surface area contributed by atoms with Crippen molar-refractivity contribution in [3.8, 4) is 11.5 Å². The van der Waals surface area contributed by atoms with Crippen LogP contribution in [0.15, 0.2) is 42.5 Å². The van der Waals surface area contributed by atoms with Crippen LogP contribution in [0.4, 0.5) is 11.6 Å². The first-order valence-electron chi connectivity index (χ1n) is 10.7. The third-order valence-electron chi connectivity index (χ3n) is 6.06. The summed E-state index contributed by atoms with van der Waals surface area (Å²) < 4.78 is 12.5. The second-order valence-corrected chi connectivity index (χ2v) is 8.14. The number of hydrogen-bond acceptors (Lipinski definition) is 7. The number of fused-ring (bicyclic) bond motifs is 4. The van der Waals surface area contributed by atoms with E-state index < -0.39 is 0 Å². The standard InChI is InChI=1S/C23H22N6O3/c1-14-24-21-17-4-2-3-5-18(17)26-23(29(21)27-14)28-10-8-15(9-11-28)22(30)25-16-6-7-19-20(12-16)32-13-31-19/h2-7,12,15H,8-11,13H2,1H3,(H,25,30). The topological polar surface area (TPSA) is 93.9 Å². The van der Waals surface area contributed by atoms with Gasteiger partial charge in [-0.2, -0.15) is 4.52 Å². The number of nitrogens with one attached hydrogen (secondary N) is 1. The van der Waals surface area contributed by atoms with E-state index in [1.807, 2.05) is 47.8 Å². The van der Waals surface area contributed by atoms with Gasteiger partial charge in [0.1, 0.15) is 5.82 Å². The summed E-state index contributed by atoms with van der Waals surface area (Å²) in [4.78, 5) is 24.5. The van der Waals surface area contributed by atoms with Crippen molar-refractivity contribution in [2.24, 2.45) is 5.92 Å². The molecule has 9 heteroatoms. The average Bonchev–Trinajstić information content (AvgIpc) is 3.44. The number of hydrogen-bond donors (Lipinski definition) is 1. The molecule has 162 valence electrons. The van der Waals surface area contributed by atoms with E-state index in [0.717, 1.165) is 54.1 Å². The highest BCUT2D eigenvalue weighted by molar-refractivity contribution is 5.93. The van der Waals surface area contributed by atoms with Gasteiger partial charge in [0.25, 0.3) is 0 Å². The van der Waals surface area contributed by atoms with E-state index in [1.165, 1.54) is 0 Å². The van der Waals surface area contributed by atoms with Gasteiger partial charge in [0.2, 0.25) is 18.6 Å². The zero-order valence-corrected chi connectivity index (χ0v) is 17.6. The smallest absolute Gasteiger partial charge is 0.231 e. The zero-order valence-electron chi connectivity index (χ0n) is 17.6. The Bertz CT molecular complexity index is 1340. The Morgan fingerprint density at radius 2 is 1.88 bits per heavy atom. The summed E-state index contributed by atoms with van der Waals surface area (Å²) in [5, 5.41) is 8.58. The lowest BCUT2D eigenvalue weighted by Gasteiger charge is -2.32. The number of amides is 1. The van der Waals surface area contributed by atoms with Crippen molar-refractivity contribution in [1.29, 1.82) is 0 Å². The Morgan fingerprint density at radius 1 is 1.06 bits per heavy atom. The second-order valence-electron chi connectivity index (χ2n) is 8.14. The first kappa shape index (κ1) is 18.9. The second kappa shape index (κ2) is 7.37. The Morgan fingerprint density at radius 3 is 2.75 bits per heavy atom. The summed E-state index contributed by atoms with van der Waals surface area (Å²) in [6.07, 6.45) is 1.47. The third-order valence-corrected chi connectivity index (χ3v) is 6.06. The van der Waals surface area contributed by atoms with E-state index >= 15 is 0 Å². The monoisotopic (exact) mass is 430 g/mol. The predicted octanol–water partition coefficient (Wildman–Crippen LogP) is 3.17. The Balaban J connectivity index is 1.20.